The Morgan fingerprint density at radius 1 is 1.00 bits per heavy atom. The largest absolute Gasteiger partial charge is 0.302 e. The Morgan fingerprint density at radius 3 is 2.43 bits per heavy atom. The molecule has 0 aliphatic rings. The number of pyridine rings is 1. The molecule has 3 nitrogen and oxygen atoms in total. The fraction of sp³-hybridized carbons (Fsp3) is 0.263. The average Bonchev–Trinajstić information content (AvgIpc) is 3.07. The number of rotatable bonds is 6. The zero-order valence-electron chi connectivity index (χ0n) is 13.6. The maximum atomic E-state index is 4.75. The van der Waals surface area contributed by atoms with Crippen molar-refractivity contribution in [2.45, 2.75) is 19.9 Å². The third-order valence-corrected chi connectivity index (χ3v) is 4.63. The second-order valence-corrected chi connectivity index (χ2v) is 6.57. The van der Waals surface area contributed by atoms with Crippen LogP contribution in [0, 0.1) is 0 Å². The molecule has 0 saturated heterocycles. The van der Waals surface area contributed by atoms with Crippen molar-refractivity contribution in [1.82, 2.24) is 14.9 Å². The SMILES string of the molecule is CCCN(C)Cc1ccc(-c2csc(-c3ccncc3)n2)cc1. The first-order valence-electron chi connectivity index (χ1n) is 7.90. The van der Waals surface area contributed by atoms with Crippen molar-refractivity contribution in [2.24, 2.45) is 0 Å². The third kappa shape index (κ3) is 4.03. The van der Waals surface area contributed by atoms with Crippen LogP contribution in [-0.2, 0) is 6.54 Å². The molecule has 0 N–H and O–H groups in total. The molecule has 1 aromatic carbocycles. The Labute approximate surface area is 141 Å². The van der Waals surface area contributed by atoms with Crippen LogP contribution in [0.25, 0.3) is 21.8 Å². The molecule has 3 aromatic rings. The Hall–Kier alpha value is -2.04. The molecule has 2 aromatic heterocycles. The van der Waals surface area contributed by atoms with Crippen molar-refractivity contribution in [3.63, 3.8) is 0 Å². The average molecular weight is 323 g/mol. The zero-order valence-corrected chi connectivity index (χ0v) is 14.4. The monoisotopic (exact) mass is 323 g/mol. The summed E-state index contributed by atoms with van der Waals surface area (Å²) in [5, 5.41) is 3.16. The summed E-state index contributed by atoms with van der Waals surface area (Å²) in [5.41, 5.74) is 4.67. The minimum atomic E-state index is 0.994. The van der Waals surface area contributed by atoms with Gasteiger partial charge in [0.2, 0.25) is 0 Å². The summed E-state index contributed by atoms with van der Waals surface area (Å²) >= 11 is 1.67. The van der Waals surface area contributed by atoms with Gasteiger partial charge < -0.3 is 4.90 Å². The number of benzene rings is 1. The van der Waals surface area contributed by atoms with Crippen LogP contribution in [0.15, 0.2) is 54.2 Å². The molecule has 2 heterocycles. The molecule has 0 unspecified atom stereocenters. The van der Waals surface area contributed by atoms with E-state index in [2.05, 4.69) is 53.5 Å². The van der Waals surface area contributed by atoms with Crippen molar-refractivity contribution < 1.29 is 0 Å². The van der Waals surface area contributed by atoms with Crippen LogP contribution >= 0.6 is 11.3 Å². The van der Waals surface area contributed by atoms with E-state index in [1.807, 2.05) is 12.1 Å². The van der Waals surface area contributed by atoms with Gasteiger partial charge in [-0.1, -0.05) is 31.2 Å². The predicted molar refractivity (Wildman–Crippen MR) is 97.4 cm³/mol. The predicted octanol–water partition coefficient (Wildman–Crippen LogP) is 4.71. The molecule has 0 atom stereocenters. The molecule has 3 rings (SSSR count). The molecule has 118 valence electrons. The van der Waals surface area contributed by atoms with Crippen LogP contribution in [-0.4, -0.2) is 28.5 Å². The van der Waals surface area contributed by atoms with Gasteiger partial charge in [-0.2, -0.15) is 0 Å². The summed E-state index contributed by atoms with van der Waals surface area (Å²) in [6.45, 7) is 4.33. The van der Waals surface area contributed by atoms with Gasteiger partial charge in [0.25, 0.3) is 0 Å². The van der Waals surface area contributed by atoms with Crippen LogP contribution in [0.3, 0.4) is 0 Å². The number of thiazole rings is 1. The first-order valence-corrected chi connectivity index (χ1v) is 8.78. The van der Waals surface area contributed by atoms with Gasteiger partial charge in [-0.3, -0.25) is 4.98 Å². The highest BCUT2D eigenvalue weighted by molar-refractivity contribution is 7.13. The van der Waals surface area contributed by atoms with Gasteiger partial charge in [-0.25, -0.2) is 4.98 Å². The molecule has 0 saturated carbocycles. The number of aromatic nitrogens is 2. The molecule has 0 amide bonds. The van der Waals surface area contributed by atoms with E-state index in [4.69, 9.17) is 4.98 Å². The van der Waals surface area contributed by atoms with Crippen molar-refractivity contribution in [3.8, 4) is 21.8 Å². The van der Waals surface area contributed by atoms with Crippen molar-refractivity contribution in [2.75, 3.05) is 13.6 Å². The Morgan fingerprint density at radius 2 is 1.74 bits per heavy atom. The van der Waals surface area contributed by atoms with E-state index >= 15 is 0 Å². The smallest absolute Gasteiger partial charge is 0.124 e. The van der Waals surface area contributed by atoms with Crippen molar-refractivity contribution in [1.29, 1.82) is 0 Å². The maximum absolute atomic E-state index is 4.75. The molecule has 0 radical (unpaired) electrons. The van der Waals surface area contributed by atoms with E-state index in [9.17, 15) is 0 Å². The number of nitrogens with zero attached hydrogens (tertiary/aromatic N) is 3. The molecule has 0 fully saturated rings. The molecule has 0 aliphatic heterocycles. The van der Waals surface area contributed by atoms with Gasteiger partial charge in [0.1, 0.15) is 5.01 Å². The molecule has 0 spiro atoms. The van der Waals surface area contributed by atoms with Crippen LogP contribution < -0.4 is 0 Å². The second-order valence-electron chi connectivity index (χ2n) is 5.71. The van der Waals surface area contributed by atoms with E-state index < -0.39 is 0 Å². The normalized spacial score (nSPS) is 11.1. The third-order valence-electron chi connectivity index (χ3n) is 3.74. The summed E-state index contributed by atoms with van der Waals surface area (Å²) in [5.74, 6) is 0. The van der Waals surface area contributed by atoms with Gasteiger partial charge in [0, 0.05) is 35.4 Å². The lowest BCUT2D eigenvalue weighted by Gasteiger charge is -2.15. The number of hydrogen-bond acceptors (Lipinski definition) is 4. The quantitative estimate of drug-likeness (QED) is 0.657. The standard InChI is InChI=1S/C19H21N3S/c1-3-12-22(2)13-15-4-6-16(7-5-15)18-14-23-19(21-18)17-8-10-20-11-9-17/h4-11,14H,3,12-13H2,1-2H3. The lowest BCUT2D eigenvalue weighted by molar-refractivity contribution is 0.327. The van der Waals surface area contributed by atoms with E-state index in [0.717, 1.165) is 29.4 Å². The summed E-state index contributed by atoms with van der Waals surface area (Å²) in [7, 11) is 2.17. The first-order chi connectivity index (χ1) is 11.3. The zero-order chi connectivity index (χ0) is 16.1. The Balaban J connectivity index is 1.74. The molecular formula is C19H21N3S. The highest BCUT2D eigenvalue weighted by Gasteiger charge is 2.07. The Kier molecular flexibility index (Phi) is 5.16. The first kappa shape index (κ1) is 15.8. The van der Waals surface area contributed by atoms with Crippen LogP contribution in [0.2, 0.25) is 0 Å². The summed E-state index contributed by atoms with van der Waals surface area (Å²) < 4.78 is 0. The molecule has 0 bridgehead atoms. The fourth-order valence-electron chi connectivity index (χ4n) is 2.59. The second kappa shape index (κ2) is 7.49. The van der Waals surface area contributed by atoms with Crippen molar-refractivity contribution >= 4 is 11.3 Å². The maximum Gasteiger partial charge on any atom is 0.124 e. The van der Waals surface area contributed by atoms with Crippen LogP contribution in [0.5, 0.6) is 0 Å². The minimum Gasteiger partial charge on any atom is -0.302 e. The Bertz CT molecular complexity index is 735. The molecule has 4 heteroatoms. The van der Waals surface area contributed by atoms with Gasteiger partial charge in [-0.05, 0) is 37.7 Å². The van der Waals surface area contributed by atoms with E-state index in [0.29, 0.717) is 0 Å². The fourth-order valence-corrected chi connectivity index (χ4v) is 3.42. The molecular weight excluding hydrogens is 302 g/mol. The summed E-state index contributed by atoms with van der Waals surface area (Å²) in [6, 6.07) is 12.7. The van der Waals surface area contributed by atoms with Crippen molar-refractivity contribution in [3.05, 3.63) is 59.7 Å². The van der Waals surface area contributed by atoms with Crippen LogP contribution in [0.1, 0.15) is 18.9 Å². The van der Waals surface area contributed by atoms with Gasteiger partial charge in [0.05, 0.1) is 5.69 Å². The molecule has 23 heavy (non-hydrogen) atoms. The summed E-state index contributed by atoms with van der Waals surface area (Å²) in [4.78, 5) is 11.2. The van der Waals surface area contributed by atoms with Gasteiger partial charge in [0.15, 0.2) is 0 Å². The number of hydrogen-bond donors (Lipinski definition) is 0. The highest BCUT2D eigenvalue weighted by atomic mass is 32.1. The van der Waals surface area contributed by atoms with E-state index in [1.165, 1.54) is 17.5 Å². The lowest BCUT2D eigenvalue weighted by Crippen LogP contribution is -2.18. The van der Waals surface area contributed by atoms with E-state index in [-0.39, 0.29) is 0 Å². The van der Waals surface area contributed by atoms with E-state index in [1.54, 1.807) is 23.7 Å². The van der Waals surface area contributed by atoms with Gasteiger partial charge in [-0.15, -0.1) is 11.3 Å². The van der Waals surface area contributed by atoms with Gasteiger partial charge >= 0.3 is 0 Å². The topological polar surface area (TPSA) is 29.0 Å². The minimum absolute atomic E-state index is 0.994. The molecule has 0 aliphatic carbocycles. The lowest BCUT2D eigenvalue weighted by atomic mass is 10.1. The highest BCUT2D eigenvalue weighted by Crippen LogP contribution is 2.28. The van der Waals surface area contributed by atoms with Crippen LogP contribution in [0.4, 0.5) is 0 Å². The summed E-state index contributed by atoms with van der Waals surface area (Å²) in [6.07, 6.45) is 4.79.